The average molecular weight is 414 g/mol. The number of hydrogen-bond acceptors (Lipinski definition) is 6. The Balaban J connectivity index is 1.71. The number of allylic oxidation sites excluding steroid dienone is 4. The highest BCUT2D eigenvalue weighted by Gasteiger charge is 2.70. The Labute approximate surface area is 176 Å². The van der Waals surface area contributed by atoms with E-state index in [1.54, 1.807) is 12.2 Å². The van der Waals surface area contributed by atoms with Crippen molar-refractivity contribution in [3.05, 3.63) is 23.8 Å². The van der Waals surface area contributed by atoms with E-state index in [0.29, 0.717) is 6.42 Å². The molecular weight excluding hydrogens is 384 g/mol. The van der Waals surface area contributed by atoms with Gasteiger partial charge in [0.05, 0.1) is 0 Å². The summed E-state index contributed by atoms with van der Waals surface area (Å²) in [5.74, 6) is -1.63. The van der Waals surface area contributed by atoms with Crippen molar-refractivity contribution in [2.75, 3.05) is 6.61 Å². The number of Topliss-reactive ketones (excluding diaryl/α,β-unsaturated/α-hetero) is 2. The average Bonchev–Trinajstić information content (AvgIpc) is 2.87. The van der Waals surface area contributed by atoms with E-state index in [-0.39, 0.29) is 41.7 Å². The topological polar surface area (TPSA) is 97.7 Å². The maximum atomic E-state index is 13.5. The molecule has 0 amide bonds. The quantitative estimate of drug-likeness (QED) is 0.713. The Morgan fingerprint density at radius 2 is 1.97 bits per heavy atom. The zero-order valence-electron chi connectivity index (χ0n) is 18.1. The Hall–Kier alpha value is -2.08. The van der Waals surface area contributed by atoms with Crippen molar-refractivity contribution in [3.63, 3.8) is 0 Å². The van der Waals surface area contributed by atoms with Crippen LogP contribution in [0.1, 0.15) is 53.4 Å². The van der Waals surface area contributed by atoms with Crippen LogP contribution in [0.3, 0.4) is 0 Å². The molecule has 0 spiro atoms. The first-order valence-corrected chi connectivity index (χ1v) is 10.8. The molecule has 0 heterocycles. The largest absolute Gasteiger partial charge is 0.458 e. The molecule has 0 bridgehead atoms. The third-order valence-corrected chi connectivity index (χ3v) is 8.67. The maximum absolute atomic E-state index is 13.5. The molecule has 4 aliphatic carbocycles. The van der Waals surface area contributed by atoms with Gasteiger partial charge in [-0.25, -0.2) is 0 Å². The van der Waals surface area contributed by atoms with Gasteiger partial charge in [0, 0.05) is 30.1 Å². The van der Waals surface area contributed by atoms with Crippen LogP contribution in [0.5, 0.6) is 0 Å². The molecule has 0 aliphatic heterocycles. The van der Waals surface area contributed by atoms with E-state index in [1.807, 2.05) is 26.8 Å². The van der Waals surface area contributed by atoms with Crippen LogP contribution >= 0.6 is 0 Å². The number of ketones is 3. The van der Waals surface area contributed by atoms with Crippen LogP contribution in [-0.2, 0) is 23.9 Å². The summed E-state index contributed by atoms with van der Waals surface area (Å²) >= 11 is 0. The number of ether oxygens (including phenoxy) is 1. The fourth-order valence-electron chi connectivity index (χ4n) is 7.24. The van der Waals surface area contributed by atoms with Crippen molar-refractivity contribution < 1.29 is 29.0 Å². The van der Waals surface area contributed by atoms with E-state index in [0.717, 1.165) is 18.4 Å². The summed E-state index contributed by atoms with van der Waals surface area (Å²) < 4.78 is 4.90. The predicted octanol–water partition coefficient (Wildman–Crippen LogP) is 2.58. The van der Waals surface area contributed by atoms with E-state index in [4.69, 9.17) is 4.74 Å². The minimum Gasteiger partial charge on any atom is -0.458 e. The molecule has 0 saturated heterocycles. The number of carbonyl (C=O) groups is 4. The van der Waals surface area contributed by atoms with Gasteiger partial charge in [-0.15, -0.1) is 0 Å². The zero-order chi connectivity index (χ0) is 22.1. The van der Waals surface area contributed by atoms with Crippen LogP contribution in [0, 0.1) is 34.5 Å². The normalized spacial score (nSPS) is 44.6. The molecule has 4 aliphatic rings. The van der Waals surface area contributed by atoms with E-state index in [9.17, 15) is 24.3 Å². The molecule has 0 unspecified atom stereocenters. The lowest BCUT2D eigenvalue weighted by atomic mass is 9.46. The highest BCUT2D eigenvalue weighted by molar-refractivity contribution is 6.02. The van der Waals surface area contributed by atoms with Gasteiger partial charge in [0.15, 0.2) is 12.4 Å². The summed E-state index contributed by atoms with van der Waals surface area (Å²) in [6, 6.07) is 0. The molecule has 0 radical (unpaired) electrons. The first-order valence-electron chi connectivity index (χ1n) is 10.8. The number of fused-ring (bicyclic) bond motifs is 5. The smallest absolute Gasteiger partial charge is 0.303 e. The molecule has 4 rings (SSSR count). The second kappa shape index (κ2) is 6.71. The highest BCUT2D eigenvalue weighted by atomic mass is 16.5. The van der Waals surface area contributed by atoms with Crippen molar-refractivity contribution in [2.24, 2.45) is 34.5 Å². The SMILES string of the molecule is CC(=O)OCC(=O)[C@@]1(O)[C@@H](C)C[C@@H]2[C@H]3CCC4=CC(=O)C=C[C@]4(C)[C@H]3C(=O)C[C@@]21C. The molecule has 6 nitrogen and oxygen atoms in total. The van der Waals surface area contributed by atoms with Crippen molar-refractivity contribution in [1.82, 2.24) is 0 Å². The molecule has 0 aromatic carbocycles. The van der Waals surface area contributed by atoms with Crippen molar-refractivity contribution in [1.29, 1.82) is 0 Å². The van der Waals surface area contributed by atoms with Gasteiger partial charge in [0.2, 0.25) is 5.78 Å². The fraction of sp³-hybridized carbons (Fsp3) is 0.667. The van der Waals surface area contributed by atoms with E-state index in [1.165, 1.54) is 6.92 Å². The molecule has 162 valence electrons. The summed E-state index contributed by atoms with van der Waals surface area (Å²) in [4.78, 5) is 49.7. The first kappa shape index (κ1) is 21.2. The van der Waals surface area contributed by atoms with Crippen LogP contribution in [0.2, 0.25) is 0 Å². The van der Waals surface area contributed by atoms with Gasteiger partial charge in [0.25, 0.3) is 0 Å². The summed E-state index contributed by atoms with van der Waals surface area (Å²) in [6.45, 7) is 6.50. The van der Waals surface area contributed by atoms with Gasteiger partial charge >= 0.3 is 5.97 Å². The molecule has 0 aromatic heterocycles. The number of hydrogen-bond donors (Lipinski definition) is 1. The standard InChI is InChI=1S/C24H30O6/c1-13-9-18-17-6-5-15-10-16(26)7-8-22(15,3)21(17)19(27)11-23(18,4)24(13,29)20(28)12-30-14(2)25/h7-8,10,13,17-18,21,29H,5-6,9,11-12H2,1-4H3/t13-,17+,18+,21+,22-,23-,24-/m0/s1. The summed E-state index contributed by atoms with van der Waals surface area (Å²) in [7, 11) is 0. The zero-order valence-corrected chi connectivity index (χ0v) is 18.1. The van der Waals surface area contributed by atoms with E-state index >= 15 is 0 Å². The Bertz CT molecular complexity index is 899. The minimum absolute atomic E-state index is 0.00545. The van der Waals surface area contributed by atoms with E-state index < -0.39 is 34.8 Å². The molecular formula is C24H30O6. The first-order chi connectivity index (χ1) is 13.9. The number of esters is 1. The van der Waals surface area contributed by atoms with Crippen molar-refractivity contribution >= 4 is 23.3 Å². The van der Waals surface area contributed by atoms with Crippen LogP contribution in [-0.4, -0.2) is 40.6 Å². The van der Waals surface area contributed by atoms with Crippen molar-refractivity contribution in [2.45, 2.75) is 59.0 Å². The van der Waals surface area contributed by atoms with Crippen molar-refractivity contribution in [3.8, 4) is 0 Å². The second-order valence-corrected chi connectivity index (χ2v) is 10.1. The Morgan fingerprint density at radius 1 is 1.27 bits per heavy atom. The Kier molecular flexibility index (Phi) is 4.73. The van der Waals surface area contributed by atoms with E-state index in [2.05, 4.69) is 0 Å². The lowest BCUT2D eigenvalue weighted by molar-refractivity contribution is -0.176. The summed E-state index contributed by atoms with van der Waals surface area (Å²) in [5, 5.41) is 11.7. The lowest BCUT2D eigenvalue weighted by Crippen LogP contribution is -2.62. The van der Waals surface area contributed by atoms with Gasteiger partial charge in [0.1, 0.15) is 11.4 Å². The monoisotopic (exact) mass is 414 g/mol. The number of rotatable bonds is 3. The lowest BCUT2D eigenvalue weighted by Gasteiger charge is -2.56. The minimum atomic E-state index is -1.71. The predicted molar refractivity (Wildman–Crippen MR) is 108 cm³/mol. The van der Waals surface area contributed by atoms with Gasteiger partial charge in [-0.3, -0.25) is 19.2 Å². The molecule has 0 aromatic rings. The van der Waals surface area contributed by atoms with Crippen LogP contribution in [0.4, 0.5) is 0 Å². The van der Waals surface area contributed by atoms with Crippen LogP contribution < -0.4 is 0 Å². The van der Waals surface area contributed by atoms with Gasteiger partial charge < -0.3 is 9.84 Å². The molecule has 7 atom stereocenters. The van der Waals surface area contributed by atoms with Gasteiger partial charge in [-0.1, -0.05) is 32.4 Å². The Morgan fingerprint density at radius 3 is 2.63 bits per heavy atom. The number of aliphatic hydroxyl groups is 1. The van der Waals surface area contributed by atoms with Gasteiger partial charge in [-0.05, 0) is 49.2 Å². The van der Waals surface area contributed by atoms with Crippen LogP contribution in [0.15, 0.2) is 23.8 Å². The van der Waals surface area contributed by atoms with Gasteiger partial charge in [-0.2, -0.15) is 0 Å². The summed E-state index contributed by atoms with van der Waals surface area (Å²) in [6.07, 6.45) is 7.37. The summed E-state index contributed by atoms with van der Waals surface area (Å²) in [5.41, 5.74) is -2.07. The second-order valence-electron chi connectivity index (χ2n) is 10.1. The molecule has 6 heteroatoms. The maximum Gasteiger partial charge on any atom is 0.303 e. The highest BCUT2D eigenvalue weighted by Crippen LogP contribution is 2.67. The number of carbonyl (C=O) groups excluding carboxylic acids is 4. The molecule has 30 heavy (non-hydrogen) atoms. The van der Waals surface area contributed by atoms with Crippen LogP contribution in [0.25, 0.3) is 0 Å². The third kappa shape index (κ3) is 2.65. The molecule has 3 saturated carbocycles. The third-order valence-electron chi connectivity index (χ3n) is 8.67. The fourth-order valence-corrected chi connectivity index (χ4v) is 7.24. The molecule has 3 fully saturated rings. The molecule has 1 N–H and O–H groups in total.